The molecule has 108 valence electrons. The van der Waals surface area contributed by atoms with Crippen molar-refractivity contribution < 1.29 is 4.74 Å². The molecule has 0 aliphatic carbocycles. The van der Waals surface area contributed by atoms with Crippen LogP contribution in [0, 0.1) is 0 Å². The third-order valence-electron chi connectivity index (χ3n) is 2.84. The molecular weight excluding hydrogens is 254 g/mol. The summed E-state index contributed by atoms with van der Waals surface area (Å²) in [6.07, 6.45) is 1.14. The Kier molecular flexibility index (Phi) is 6.73. The van der Waals surface area contributed by atoms with Crippen molar-refractivity contribution in [2.45, 2.75) is 44.9 Å². The van der Waals surface area contributed by atoms with Crippen molar-refractivity contribution in [3.63, 3.8) is 0 Å². The van der Waals surface area contributed by atoms with Gasteiger partial charge in [-0.15, -0.1) is 0 Å². The molecule has 0 aromatic heterocycles. The highest BCUT2D eigenvalue weighted by Gasteiger charge is 2.19. The van der Waals surface area contributed by atoms with Crippen molar-refractivity contribution >= 4 is 11.8 Å². The molecule has 1 aromatic carbocycles. The minimum absolute atomic E-state index is 0.286. The zero-order valence-electron chi connectivity index (χ0n) is 12.8. The van der Waals surface area contributed by atoms with E-state index in [0.29, 0.717) is 6.04 Å². The average molecular weight is 281 g/mol. The molecule has 0 bridgehead atoms. The van der Waals surface area contributed by atoms with E-state index in [-0.39, 0.29) is 4.75 Å². The van der Waals surface area contributed by atoms with Gasteiger partial charge in [0, 0.05) is 22.1 Å². The van der Waals surface area contributed by atoms with Crippen LogP contribution < -0.4 is 10.1 Å². The maximum absolute atomic E-state index is 5.49. The van der Waals surface area contributed by atoms with Gasteiger partial charge in [-0.25, -0.2) is 0 Å². The molecule has 1 N–H and O–H groups in total. The fourth-order valence-corrected chi connectivity index (χ4v) is 2.83. The highest BCUT2D eigenvalue weighted by Crippen LogP contribution is 2.32. The molecule has 19 heavy (non-hydrogen) atoms. The van der Waals surface area contributed by atoms with E-state index in [1.807, 2.05) is 23.9 Å². The SMILES string of the molecule is CCCNC(CSC(C)(C)C)c1ccccc1OC. The van der Waals surface area contributed by atoms with Gasteiger partial charge in [-0.05, 0) is 19.0 Å². The fourth-order valence-electron chi connectivity index (χ4n) is 1.86. The number of hydrogen-bond donors (Lipinski definition) is 1. The lowest BCUT2D eigenvalue weighted by molar-refractivity contribution is 0.402. The minimum atomic E-state index is 0.286. The summed E-state index contributed by atoms with van der Waals surface area (Å²) in [6, 6.07) is 8.66. The molecule has 0 saturated carbocycles. The summed E-state index contributed by atoms with van der Waals surface area (Å²) in [7, 11) is 1.74. The summed E-state index contributed by atoms with van der Waals surface area (Å²) in [5.41, 5.74) is 1.26. The normalized spacial score (nSPS) is 13.3. The largest absolute Gasteiger partial charge is 0.496 e. The molecule has 1 atom stereocenters. The Morgan fingerprint density at radius 3 is 2.53 bits per heavy atom. The van der Waals surface area contributed by atoms with Gasteiger partial charge in [0.15, 0.2) is 0 Å². The second-order valence-electron chi connectivity index (χ2n) is 5.67. The van der Waals surface area contributed by atoms with Crippen molar-refractivity contribution in [1.29, 1.82) is 0 Å². The van der Waals surface area contributed by atoms with E-state index >= 15 is 0 Å². The van der Waals surface area contributed by atoms with Crippen LogP contribution in [0.25, 0.3) is 0 Å². The highest BCUT2D eigenvalue weighted by atomic mass is 32.2. The number of rotatable bonds is 7. The third kappa shape index (κ3) is 5.87. The van der Waals surface area contributed by atoms with Crippen molar-refractivity contribution in [3.05, 3.63) is 29.8 Å². The monoisotopic (exact) mass is 281 g/mol. The first-order valence-corrected chi connectivity index (χ1v) is 7.96. The molecular formula is C16H27NOS. The molecule has 1 unspecified atom stereocenters. The molecule has 1 aromatic rings. The Morgan fingerprint density at radius 2 is 1.95 bits per heavy atom. The van der Waals surface area contributed by atoms with Gasteiger partial charge in [0.05, 0.1) is 7.11 Å². The standard InChI is InChI=1S/C16H27NOS/c1-6-11-17-14(12-19-16(2,3)4)13-9-7-8-10-15(13)18-5/h7-10,14,17H,6,11-12H2,1-5H3. The van der Waals surface area contributed by atoms with Gasteiger partial charge < -0.3 is 10.1 Å². The topological polar surface area (TPSA) is 21.3 Å². The predicted molar refractivity (Wildman–Crippen MR) is 86.2 cm³/mol. The molecule has 3 heteroatoms. The van der Waals surface area contributed by atoms with Gasteiger partial charge in [0.2, 0.25) is 0 Å². The fraction of sp³-hybridized carbons (Fsp3) is 0.625. The summed E-state index contributed by atoms with van der Waals surface area (Å²) >= 11 is 1.99. The lowest BCUT2D eigenvalue weighted by Crippen LogP contribution is -2.26. The predicted octanol–water partition coefficient (Wildman–Crippen LogP) is 4.27. The van der Waals surface area contributed by atoms with Crippen molar-refractivity contribution in [3.8, 4) is 5.75 Å². The zero-order valence-corrected chi connectivity index (χ0v) is 13.6. The smallest absolute Gasteiger partial charge is 0.123 e. The van der Waals surface area contributed by atoms with Gasteiger partial charge in [-0.3, -0.25) is 0 Å². The van der Waals surface area contributed by atoms with Gasteiger partial charge in [-0.2, -0.15) is 11.8 Å². The van der Waals surface area contributed by atoms with E-state index in [0.717, 1.165) is 24.5 Å². The number of hydrogen-bond acceptors (Lipinski definition) is 3. The Hall–Kier alpha value is -0.670. The van der Waals surface area contributed by atoms with Crippen LogP contribution in [0.1, 0.15) is 45.7 Å². The lowest BCUT2D eigenvalue weighted by Gasteiger charge is -2.25. The van der Waals surface area contributed by atoms with E-state index in [4.69, 9.17) is 4.74 Å². The van der Waals surface area contributed by atoms with Crippen LogP contribution in [0.5, 0.6) is 5.75 Å². The molecule has 0 radical (unpaired) electrons. The molecule has 0 heterocycles. The van der Waals surface area contributed by atoms with E-state index in [1.165, 1.54) is 5.56 Å². The molecule has 0 fully saturated rings. The van der Waals surface area contributed by atoms with Gasteiger partial charge >= 0.3 is 0 Å². The molecule has 0 aliphatic heterocycles. The quantitative estimate of drug-likeness (QED) is 0.806. The van der Waals surface area contributed by atoms with Crippen LogP contribution in [0.2, 0.25) is 0 Å². The maximum atomic E-state index is 5.49. The maximum Gasteiger partial charge on any atom is 0.123 e. The van der Waals surface area contributed by atoms with Gasteiger partial charge in [-0.1, -0.05) is 45.9 Å². The van der Waals surface area contributed by atoms with E-state index < -0.39 is 0 Å². The molecule has 0 saturated heterocycles. The average Bonchev–Trinajstić information content (AvgIpc) is 2.38. The summed E-state index contributed by atoms with van der Waals surface area (Å²) in [5.74, 6) is 2.04. The number of ether oxygens (including phenoxy) is 1. The zero-order chi connectivity index (χ0) is 14.3. The van der Waals surface area contributed by atoms with Gasteiger partial charge in [0.25, 0.3) is 0 Å². The van der Waals surface area contributed by atoms with Crippen LogP contribution in [-0.2, 0) is 0 Å². The lowest BCUT2D eigenvalue weighted by atomic mass is 10.1. The highest BCUT2D eigenvalue weighted by molar-refractivity contribution is 8.00. The summed E-state index contributed by atoms with van der Waals surface area (Å²) < 4.78 is 5.77. The van der Waals surface area contributed by atoms with Crippen LogP contribution in [0.3, 0.4) is 0 Å². The Bertz CT molecular complexity index is 373. The summed E-state index contributed by atoms with van der Waals surface area (Å²) in [5, 5.41) is 3.63. The second-order valence-corrected chi connectivity index (χ2v) is 7.52. The van der Waals surface area contributed by atoms with Gasteiger partial charge in [0.1, 0.15) is 5.75 Å². The number of thioether (sulfide) groups is 1. The first-order valence-electron chi connectivity index (χ1n) is 6.98. The van der Waals surface area contributed by atoms with Crippen LogP contribution >= 0.6 is 11.8 Å². The molecule has 0 amide bonds. The third-order valence-corrected chi connectivity index (χ3v) is 4.20. The summed E-state index contributed by atoms with van der Waals surface area (Å²) in [6.45, 7) is 10.0. The first-order chi connectivity index (χ1) is 8.98. The van der Waals surface area contributed by atoms with Crippen molar-refractivity contribution in [2.75, 3.05) is 19.4 Å². The Labute approximate surface area is 122 Å². The Morgan fingerprint density at radius 1 is 1.26 bits per heavy atom. The van der Waals surface area contributed by atoms with Crippen LogP contribution in [-0.4, -0.2) is 24.2 Å². The first kappa shape index (κ1) is 16.4. The minimum Gasteiger partial charge on any atom is -0.496 e. The number of nitrogens with one attached hydrogen (secondary N) is 1. The second kappa shape index (κ2) is 7.81. The summed E-state index contributed by atoms with van der Waals surface area (Å²) in [4.78, 5) is 0. The number of methoxy groups -OCH3 is 1. The molecule has 1 rings (SSSR count). The van der Waals surface area contributed by atoms with Crippen molar-refractivity contribution in [2.24, 2.45) is 0 Å². The molecule has 0 spiro atoms. The van der Waals surface area contributed by atoms with Crippen LogP contribution in [0.15, 0.2) is 24.3 Å². The van der Waals surface area contributed by atoms with Crippen LogP contribution in [0.4, 0.5) is 0 Å². The van der Waals surface area contributed by atoms with E-state index in [9.17, 15) is 0 Å². The number of benzene rings is 1. The van der Waals surface area contributed by atoms with E-state index in [2.05, 4.69) is 45.1 Å². The van der Waals surface area contributed by atoms with E-state index in [1.54, 1.807) is 7.11 Å². The molecule has 0 aliphatic rings. The molecule has 2 nitrogen and oxygen atoms in total. The number of para-hydroxylation sites is 1. The van der Waals surface area contributed by atoms with Crippen molar-refractivity contribution in [1.82, 2.24) is 5.32 Å². The Balaban J connectivity index is 2.82.